The molecule has 1 N–H and O–H groups in total. The molecule has 0 aromatic carbocycles. The van der Waals surface area contributed by atoms with Gasteiger partial charge in [0.25, 0.3) is 5.91 Å². The number of aromatic nitrogens is 2. The first kappa shape index (κ1) is 9.79. The second-order valence-corrected chi connectivity index (χ2v) is 4.03. The molecule has 2 aromatic rings. The highest BCUT2D eigenvalue weighted by atomic mass is 32.1. The topological polar surface area (TPSA) is 54.9 Å². The van der Waals surface area contributed by atoms with Crippen LogP contribution < -0.4 is 5.32 Å². The van der Waals surface area contributed by atoms with E-state index in [1.165, 1.54) is 11.5 Å². The van der Waals surface area contributed by atoms with E-state index in [0.717, 1.165) is 4.88 Å². The minimum Gasteiger partial charge on any atom is -0.319 e. The first-order chi connectivity index (χ1) is 7.25. The van der Waals surface area contributed by atoms with Crippen LogP contribution in [0.4, 0.5) is 5.69 Å². The Hall–Kier alpha value is -1.75. The van der Waals surface area contributed by atoms with Gasteiger partial charge in [-0.2, -0.15) is 4.37 Å². The summed E-state index contributed by atoms with van der Waals surface area (Å²) in [6, 6.07) is 5.31. The molecule has 2 heterocycles. The Kier molecular flexibility index (Phi) is 2.73. The normalized spacial score (nSPS) is 9.93. The monoisotopic (exact) mass is 219 g/mol. The van der Waals surface area contributed by atoms with Crippen LogP contribution in [-0.2, 0) is 0 Å². The van der Waals surface area contributed by atoms with Crippen molar-refractivity contribution in [2.45, 2.75) is 6.92 Å². The molecule has 0 aliphatic heterocycles. The summed E-state index contributed by atoms with van der Waals surface area (Å²) in [6.07, 6.45) is 3.25. The zero-order valence-electron chi connectivity index (χ0n) is 8.10. The summed E-state index contributed by atoms with van der Waals surface area (Å²) >= 11 is 1.32. The van der Waals surface area contributed by atoms with Gasteiger partial charge in [-0.3, -0.25) is 9.78 Å². The third-order valence-electron chi connectivity index (χ3n) is 1.78. The van der Waals surface area contributed by atoms with Crippen molar-refractivity contribution in [3.8, 4) is 0 Å². The van der Waals surface area contributed by atoms with Crippen molar-refractivity contribution in [3.63, 3.8) is 0 Å². The quantitative estimate of drug-likeness (QED) is 0.841. The molecule has 2 aromatic heterocycles. The van der Waals surface area contributed by atoms with E-state index in [9.17, 15) is 4.79 Å². The van der Waals surface area contributed by atoms with E-state index in [1.807, 2.05) is 6.92 Å². The zero-order chi connectivity index (χ0) is 10.7. The number of anilines is 1. The number of hydrogen-bond acceptors (Lipinski definition) is 4. The summed E-state index contributed by atoms with van der Waals surface area (Å²) in [5.41, 5.74) is 1.12. The van der Waals surface area contributed by atoms with Crippen LogP contribution >= 0.6 is 11.5 Å². The van der Waals surface area contributed by atoms with Crippen molar-refractivity contribution < 1.29 is 4.79 Å². The Labute approximate surface area is 91.2 Å². The first-order valence-corrected chi connectivity index (χ1v) is 5.18. The highest BCUT2D eigenvalue weighted by Gasteiger charge is 2.09. The summed E-state index contributed by atoms with van der Waals surface area (Å²) in [5.74, 6) is -0.202. The lowest BCUT2D eigenvalue weighted by Crippen LogP contribution is -2.11. The van der Waals surface area contributed by atoms with E-state index in [0.29, 0.717) is 11.4 Å². The van der Waals surface area contributed by atoms with Crippen molar-refractivity contribution in [1.82, 2.24) is 9.36 Å². The molecule has 0 saturated carbocycles. The standard InChI is InChI=1S/C10H9N3OS/c1-7-5-9(13-15-7)10(14)12-8-3-2-4-11-6-8/h2-6H,1H3,(H,12,14). The molecule has 4 nitrogen and oxygen atoms in total. The fourth-order valence-corrected chi connectivity index (χ4v) is 1.65. The van der Waals surface area contributed by atoms with Crippen LogP contribution in [0.1, 0.15) is 15.4 Å². The van der Waals surface area contributed by atoms with Crippen LogP contribution in [0.2, 0.25) is 0 Å². The van der Waals surface area contributed by atoms with Gasteiger partial charge in [0.15, 0.2) is 0 Å². The predicted octanol–water partition coefficient (Wildman–Crippen LogP) is 2.10. The van der Waals surface area contributed by atoms with Gasteiger partial charge in [-0.1, -0.05) is 0 Å². The first-order valence-electron chi connectivity index (χ1n) is 4.40. The fourth-order valence-electron chi connectivity index (χ4n) is 1.11. The second-order valence-electron chi connectivity index (χ2n) is 3.02. The van der Waals surface area contributed by atoms with E-state index in [4.69, 9.17) is 0 Å². The Morgan fingerprint density at radius 3 is 3.00 bits per heavy atom. The van der Waals surface area contributed by atoms with Crippen LogP contribution in [0.15, 0.2) is 30.6 Å². The Bertz CT molecular complexity index is 467. The van der Waals surface area contributed by atoms with Gasteiger partial charge >= 0.3 is 0 Å². The maximum atomic E-state index is 11.6. The van der Waals surface area contributed by atoms with Gasteiger partial charge in [0.1, 0.15) is 5.69 Å². The minimum atomic E-state index is -0.202. The van der Waals surface area contributed by atoms with Crippen molar-refractivity contribution in [1.29, 1.82) is 0 Å². The molecule has 0 bridgehead atoms. The van der Waals surface area contributed by atoms with E-state index in [-0.39, 0.29) is 5.91 Å². The van der Waals surface area contributed by atoms with E-state index >= 15 is 0 Å². The van der Waals surface area contributed by atoms with Crippen molar-refractivity contribution in [2.75, 3.05) is 5.32 Å². The number of pyridine rings is 1. The molecule has 0 radical (unpaired) electrons. The second kappa shape index (κ2) is 4.18. The number of hydrogen-bond donors (Lipinski definition) is 1. The molecule has 0 fully saturated rings. The third-order valence-corrected chi connectivity index (χ3v) is 2.47. The molecule has 2 rings (SSSR count). The van der Waals surface area contributed by atoms with Crippen molar-refractivity contribution in [2.24, 2.45) is 0 Å². The van der Waals surface area contributed by atoms with Gasteiger partial charge < -0.3 is 5.32 Å². The molecule has 0 aliphatic carbocycles. The molecular formula is C10H9N3OS. The van der Waals surface area contributed by atoms with Gasteiger partial charge in [0.2, 0.25) is 0 Å². The molecule has 15 heavy (non-hydrogen) atoms. The van der Waals surface area contributed by atoms with Crippen molar-refractivity contribution in [3.05, 3.63) is 41.2 Å². The number of nitrogens with zero attached hydrogens (tertiary/aromatic N) is 2. The van der Waals surface area contributed by atoms with Gasteiger partial charge in [-0.15, -0.1) is 0 Å². The van der Waals surface area contributed by atoms with Crippen LogP contribution in [-0.4, -0.2) is 15.3 Å². The lowest BCUT2D eigenvalue weighted by atomic mass is 10.3. The number of carbonyl (C=O) groups excluding carboxylic acids is 1. The third kappa shape index (κ3) is 2.38. The SMILES string of the molecule is Cc1cc(C(=O)Nc2cccnc2)ns1. The van der Waals surface area contributed by atoms with Gasteiger partial charge in [0, 0.05) is 11.1 Å². The fraction of sp³-hybridized carbons (Fsp3) is 0.100. The summed E-state index contributed by atoms with van der Waals surface area (Å²) in [6.45, 7) is 1.92. The Morgan fingerprint density at radius 1 is 1.53 bits per heavy atom. The van der Waals surface area contributed by atoms with Crippen LogP contribution in [0.3, 0.4) is 0 Å². The number of aryl methyl sites for hydroxylation is 1. The van der Waals surface area contributed by atoms with E-state index in [1.54, 1.807) is 30.6 Å². The van der Waals surface area contributed by atoms with Crippen LogP contribution in [0.5, 0.6) is 0 Å². The minimum absolute atomic E-state index is 0.202. The van der Waals surface area contributed by atoms with Gasteiger partial charge in [0.05, 0.1) is 11.9 Å². The highest BCUT2D eigenvalue weighted by Crippen LogP contribution is 2.10. The van der Waals surface area contributed by atoms with Gasteiger partial charge in [-0.25, -0.2) is 0 Å². The van der Waals surface area contributed by atoms with Crippen LogP contribution in [0.25, 0.3) is 0 Å². The lowest BCUT2D eigenvalue weighted by Gasteiger charge is -2.00. The Balaban J connectivity index is 2.11. The molecule has 0 spiro atoms. The van der Waals surface area contributed by atoms with E-state index < -0.39 is 0 Å². The number of nitrogens with one attached hydrogen (secondary N) is 1. The van der Waals surface area contributed by atoms with E-state index in [2.05, 4.69) is 14.7 Å². The average Bonchev–Trinajstić information content (AvgIpc) is 2.66. The van der Waals surface area contributed by atoms with Crippen LogP contribution in [0, 0.1) is 6.92 Å². The van der Waals surface area contributed by atoms with Gasteiger partial charge in [-0.05, 0) is 36.7 Å². The molecular weight excluding hydrogens is 210 g/mol. The number of amides is 1. The summed E-state index contributed by atoms with van der Waals surface area (Å²) < 4.78 is 4.02. The highest BCUT2D eigenvalue weighted by molar-refractivity contribution is 7.05. The van der Waals surface area contributed by atoms with Crippen molar-refractivity contribution >= 4 is 23.1 Å². The molecule has 0 saturated heterocycles. The Morgan fingerprint density at radius 2 is 2.40 bits per heavy atom. The molecule has 76 valence electrons. The molecule has 0 aliphatic rings. The smallest absolute Gasteiger partial charge is 0.275 e. The molecule has 5 heteroatoms. The predicted molar refractivity (Wildman–Crippen MR) is 59.0 cm³/mol. The average molecular weight is 219 g/mol. The number of rotatable bonds is 2. The largest absolute Gasteiger partial charge is 0.319 e. The summed E-state index contributed by atoms with van der Waals surface area (Å²) in [4.78, 5) is 16.6. The molecule has 0 atom stereocenters. The summed E-state index contributed by atoms with van der Waals surface area (Å²) in [7, 11) is 0. The maximum Gasteiger partial charge on any atom is 0.275 e. The molecule has 0 unspecified atom stereocenters. The molecule has 1 amide bonds. The number of carbonyl (C=O) groups is 1. The zero-order valence-corrected chi connectivity index (χ0v) is 8.91. The maximum absolute atomic E-state index is 11.6. The lowest BCUT2D eigenvalue weighted by molar-refractivity contribution is 0.102. The summed E-state index contributed by atoms with van der Waals surface area (Å²) in [5, 5.41) is 2.71.